The smallest absolute Gasteiger partial charge is 0.239 e. The van der Waals surface area contributed by atoms with E-state index in [1.165, 1.54) is 0 Å². The Bertz CT molecular complexity index is 381. The van der Waals surface area contributed by atoms with E-state index in [4.69, 9.17) is 11.6 Å². The van der Waals surface area contributed by atoms with Gasteiger partial charge < -0.3 is 11.1 Å². The number of aromatic nitrogens is 2. The number of rotatable bonds is 7. The molecule has 0 fully saturated rings. The molecule has 1 aromatic heterocycles. The molecule has 6 N–H and O–H groups in total. The number of nitrogens with one attached hydrogen (secondary N) is 2. The van der Waals surface area contributed by atoms with Crippen LogP contribution in [0.4, 0.5) is 11.8 Å². The van der Waals surface area contributed by atoms with Crippen molar-refractivity contribution in [3.63, 3.8) is 0 Å². The van der Waals surface area contributed by atoms with Crippen LogP contribution in [-0.4, -0.2) is 22.4 Å². The van der Waals surface area contributed by atoms with Gasteiger partial charge in [0.15, 0.2) is 0 Å². The van der Waals surface area contributed by atoms with Gasteiger partial charge in [-0.2, -0.15) is 4.98 Å². The van der Waals surface area contributed by atoms with Gasteiger partial charge in [-0.05, 0) is 19.8 Å². The molecule has 0 spiro atoms. The molecule has 0 radical (unpaired) electrons. The molecule has 0 saturated carbocycles. The molecule has 1 aromatic rings. The van der Waals surface area contributed by atoms with Crippen molar-refractivity contribution in [2.24, 2.45) is 11.6 Å². The molecular weight excluding hydrogens is 220 g/mol. The molecule has 0 aliphatic heterocycles. The van der Waals surface area contributed by atoms with Gasteiger partial charge in [0.1, 0.15) is 5.82 Å². The monoisotopic (exact) mass is 238 g/mol. The summed E-state index contributed by atoms with van der Waals surface area (Å²) in [7, 11) is 0. The van der Waals surface area contributed by atoms with Crippen LogP contribution in [0.3, 0.4) is 0 Å². The number of unbranched alkanes of at least 4 members (excludes halogenated alkanes) is 1. The number of hydrogen-bond donors (Lipinski definition) is 4. The first-order valence-corrected chi connectivity index (χ1v) is 5.46. The maximum absolute atomic E-state index is 10.5. The van der Waals surface area contributed by atoms with Crippen LogP contribution in [0.5, 0.6) is 0 Å². The standard InChI is InChI=1S/C10H18N6O/c1-7-6-9(15-10(14-7)16-12)13-5-3-2-4-8(11)17/h6H,2-5,12H2,1H3,(H2,11,17)(H2,13,14,15,16). The van der Waals surface area contributed by atoms with Gasteiger partial charge in [-0.15, -0.1) is 0 Å². The molecule has 0 saturated heterocycles. The van der Waals surface area contributed by atoms with Crippen molar-refractivity contribution in [3.8, 4) is 0 Å². The van der Waals surface area contributed by atoms with Gasteiger partial charge in [0.25, 0.3) is 0 Å². The summed E-state index contributed by atoms with van der Waals surface area (Å²) < 4.78 is 0. The third kappa shape index (κ3) is 5.12. The highest BCUT2D eigenvalue weighted by Crippen LogP contribution is 2.08. The number of hydrazine groups is 1. The average Bonchev–Trinajstić information content (AvgIpc) is 2.27. The average molecular weight is 238 g/mol. The Morgan fingerprint density at radius 1 is 1.41 bits per heavy atom. The van der Waals surface area contributed by atoms with Crippen LogP contribution in [0, 0.1) is 6.92 Å². The molecule has 1 amide bonds. The second kappa shape index (κ2) is 6.64. The number of nitrogens with zero attached hydrogens (tertiary/aromatic N) is 2. The summed E-state index contributed by atoms with van der Waals surface area (Å²) in [6.07, 6.45) is 2.05. The van der Waals surface area contributed by atoms with Crippen LogP contribution < -0.4 is 22.3 Å². The lowest BCUT2D eigenvalue weighted by Gasteiger charge is -2.07. The maximum Gasteiger partial charge on any atom is 0.239 e. The van der Waals surface area contributed by atoms with E-state index >= 15 is 0 Å². The molecule has 0 bridgehead atoms. The summed E-state index contributed by atoms with van der Waals surface area (Å²) in [4.78, 5) is 18.7. The third-order valence-corrected chi connectivity index (χ3v) is 2.14. The van der Waals surface area contributed by atoms with Crippen LogP contribution in [0.2, 0.25) is 0 Å². The molecule has 7 heteroatoms. The number of nitrogen functional groups attached to an aromatic ring is 1. The van der Waals surface area contributed by atoms with Gasteiger partial charge in [0.05, 0.1) is 0 Å². The molecule has 0 aromatic carbocycles. The van der Waals surface area contributed by atoms with E-state index in [1.807, 2.05) is 13.0 Å². The number of anilines is 2. The first-order chi connectivity index (χ1) is 8.11. The maximum atomic E-state index is 10.5. The predicted molar refractivity (Wildman–Crippen MR) is 66.1 cm³/mol. The van der Waals surface area contributed by atoms with E-state index < -0.39 is 0 Å². The number of carbonyl (C=O) groups excluding carboxylic acids is 1. The Kier molecular flexibility index (Phi) is 5.15. The van der Waals surface area contributed by atoms with Gasteiger partial charge in [-0.1, -0.05) is 0 Å². The predicted octanol–water partition coefficient (Wildman–Crippen LogP) is 0.138. The number of amides is 1. The molecule has 1 rings (SSSR count). The van der Waals surface area contributed by atoms with Crippen LogP contribution in [-0.2, 0) is 4.79 Å². The Balaban J connectivity index is 2.36. The van der Waals surface area contributed by atoms with Gasteiger partial charge in [-0.25, -0.2) is 10.8 Å². The van der Waals surface area contributed by atoms with Crippen molar-refractivity contribution in [1.29, 1.82) is 0 Å². The Labute approximate surface area is 100.0 Å². The van der Waals surface area contributed by atoms with Gasteiger partial charge >= 0.3 is 0 Å². The van der Waals surface area contributed by atoms with Crippen LogP contribution in [0.1, 0.15) is 25.0 Å². The second-order valence-corrected chi connectivity index (χ2v) is 3.71. The van der Waals surface area contributed by atoms with Crippen LogP contribution >= 0.6 is 0 Å². The van der Waals surface area contributed by atoms with Crippen molar-refractivity contribution in [3.05, 3.63) is 11.8 Å². The fraction of sp³-hybridized carbons (Fsp3) is 0.500. The minimum atomic E-state index is -0.266. The molecular formula is C10H18N6O. The van der Waals surface area contributed by atoms with Crippen molar-refractivity contribution >= 4 is 17.7 Å². The van der Waals surface area contributed by atoms with Crippen LogP contribution in [0.15, 0.2) is 6.07 Å². The number of carbonyl (C=O) groups is 1. The van der Waals surface area contributed by atoms with Crippen LogP contribution in [0.25, 0.3) is 0 Å². The highest BCUT2D eigenvalue weighted by Gasteiger charge is 2.00. The van der Waals surface area contributed by atoms with E-state index in [1.54, 1.807) is 0 Å². The largest absolute Gasteiger partial charge is 0.370 e. The molecule has 7 nitrogen and oxygen atoms in total. The Morgan fingerprint density at radius 3 is 2.82 bits per heavy atom. The Hall–Kier alpha value is -1.89. The molecule has 17 heavy (non-hydrogen) atoms. The van der Waals surface area contributed by atoms with Gasteiger partial charge in [0, 0.05) is 24.7 Å². The summed E-state index contributed by atoms with van der Waals surface area (Å²) in [6.45, 7) is 2.59. The summed E-state index contributed by atoms with van der Waals surface area (Å²) in [5, 5.41) is 3.14. The fourth-order valence-corrected chi connectivity index (χ4v) is 1.36. The van der Waals surface area contributed by atoms with Gasteiger partial charge in [0.2, 0.25) is 11.9 Å². The lowest BCUT2D eigenvalue weighted by atomic mass is 10.2. The summed E-state index contributed by atoms with van der Waals surface area (Å²) in [6, 6.07) is 1.83. The highest BCUT2D eigenvalue weighted by molar-refractivity contribution is 5.73. The first kappa shape index (κ1) is 13.2. The number of nitrogens with two attached hydrogens (primary N) is 2. The third-order valence-electron chi connectivity index (χ3n) is 2.14. The molecule has 0 aliphatic rings. The molecule has 0 aliphatic carbocycles. The number of hydrogen-bond acceptors (Lipinski definition) is 6. The zero-order valence-electron chi connectivity index (χ0n) is 9.86. The SMILES string of the molecule is Cc1cc(NCCCCC(N)=O)nc(NN)n1. The Morgan fingerprint density at radius 2 is 2.18 bits per heavy atom. The molecule has 0 unspecified atom stereocenters. The topological polar surface area (TPSA) is 119 Å². The minimum absolute atomic E-state index is 0.266. The quantitative estimate of drug-likeness (QED) is 0.305. The van der Waals surface area contributed by atoms with Crippen molar-refractivity contribution < 1.29 is 4.79 Å². The fourth-order valence-electron chi connectivity index (χ4n) is 1.36. The lowest BCUT2D eigenvalue weighted by Crippen LogP contribution is -2.13. The first-order valence-electron chi connectivity index (χ1n) is 5.46. The zero-order valence-corrected chi connectivity index (χ0v) is 9.86. The number of aryl methyl sites for hydroxylation is 1. The normalized spacial score (nSPS) is 10.0. The summed E-state index contributed by atoms with van der Waals surface area (Å²) in [5.41, 5.74) is 8.27. The molecule has 94 valence electrons. The summed E-state index contributed by atoms with van der Waals surface area (Å²) in [5.74, 6) is 6.07. The van der Waals surface area contributed by atoms with E-state index in [2.05, 4.69) is 20.7 Å². The van der Waals surface area contributed by atoms with E-state index in [0.717, 1.165) is 25.1 Å². The van der Waals surface area contributed by atoms with Crippen molar-refractivity contribution in [1.82, 2.24) is 9.97 Å². The minimum Gasteiger partial charge on any atom is -0.370 e. The van der Waals surface area contributed by atoms with Crippen molar-refractivity contribution in [2.75, 3.05) is 17.3 Å². The van der Waals surface area contributed by atoms with E-state index in [0.29, 0.717) is 18.2 Å². The van der Waals surface area contributed by atoms with Gasteiger partial charge in [-0.3, -0.25) is 10.2 Å². The van der Waals surface area contributed by atoms with E-state index in [-0.39, 0.29) is 5.91 Å². The molecule has 0 atom stereocenters. The highest BCUT2D eigenvalue weighted by atomic mass is 16.1. The lowest BCUT2D eigenvalue weighted by molar-refractivity contribution is -0.118. The molecule has 1 heterocycles. The van der Waals surface area contributed by atoms with E-state index in [9.17, 15) is 4.79 Å². The number of primary amides is 1. The summed E-state index contributed by atoms with van der Waals surface area (Å²) >= 11 is 0. The van der Waals surface area contributed by atoms with Crippen molar-refractivity contribution in [2.45, 2.75) is 26.2 Å². The second-order valence-electron chi connectivity index (χ2n) is 3.71. The zero-order chi connectivity index (χ0) is 12.7.